The molecule has 1 aromatic carbocycles. The standard InChI is InChI=1S/C11H12F2N2O4/c12-11(13,6-16)10(14)3-4-19-9-2-1-7(15(17)18)5-8(9)10/h1-2,5,16H,3-4,6,14H2/t10-/m1/s1. The van der Waals surface area contributed by atoms with Crippen LogP contribution in [0.5, 0.6) is 5.75 Å². The third kappa shape index (κ3) is 2.02. The maximum Gasteiger partial charge on any atom is 0.292 e. The maximum absolute atomic E-state index is 13.8. The van der Waals surface area contributed by atoms with Gasteiger partial charge in [-0.3, -0.25) is 10.1 Å². The van der Waals surface area contributed by atoms with E-state index in [0.29, 0.717) is 0 Å². The summed E-state index contributed by atoms with van der Waals surface area (Å²) in [5.41, 5.74) is 3.02. The number of alkyl halides is 2. The molecule has 0 unspecified atom stereocenters. The fraction of sp³-hybridized carbons (Fsp3) is 0.455. The van der Waals surface area contributed by atoms with Crippen molar-refractivity contribution in [3.8, 4) is 5.75 Å². The van der Waals surface area contributed by atoms with Crippen molar-refractivity contribution in [2.24, 2.45) is 5.73 Å². The zero-order chi connectivity index (χ0) is 14.3. The van der Waals surface area contributed by atoms with E-state index in [2.05, 4.69) is 0 Å². The van der Waals surface area contributed by atoms with Gasteiger partial charge < -0.3 is 15.6 Å². The van der Waals surface area contributed by atoms with Gasteiger partial charge in [-0.2, -0.15) is 0 Å². The van der Waals surface area contributed by atoms with Crippen molar-refractivity contribution >= 4 is 5.69 Å². The first kappa shape index (κ1) is 13.6. The first-order valence-electron chi connectivity index (χ1n) is 5.51. The van der Waals surface area contributed by atoms with E-state index in [-0.39, 0.29) is 30.0 Å². The highest BCUT2D eigenvalue weighted by Crippen LogP contribution is 2.45. The van der Waals surface area contributed by atoms with Crippen LogP contribution >= 0.6 is 0 Å². The first-order valence-corrected chi connectivity index (χ1v) is 5.51. The molecule has 0 saturated heterocycles. The molecule has 0 fully saturated rings. The molecule has 0 radical (unpaired) electrons. The molecule has 1 aliphatic rings. The molecule has 0 spiro atoms. The van der Waals surface area contributed by atoms with Crippen molar-refractivity contribution in [2.45, 2.75) is 17.9 Å². The van der Waals surface area contributed by atoms with Crippen molar-refractivity contribution in [3.63, 3.8) is 0 Å². The molecule has 8 heteroatoms. The molecular formula is C11H12F2N2O4. The second-order valence-electron chi connectivity index (χ2n) is 4.37. The summed E-state index contributed by atoms with van der Waals surface area (Å²) in [7, 11) is 0. The molecule has 3 N–H and O–H groups in total. The molecule has 0 aliphatic carbocycles. The zero-order valence-corrected chi connectivity index (χ0v) is 9.81. The number of hydrogen-bond donors (Lipinski definition) is 2. The molecule has 1 heterocycles. The Morgan fingerprint density at radius 1 is 1.58 bits per heavy atom. The van der Waals surface area contributed by atoms with Crippen LogP contribution in [0.15, 0.2) is 18.2 Å². The molecule has 0 saturated carbocycles. The van der Waals surface area contributed by atoms with Crippen molar-refractivity contribution in [1.29, 1.82) is 0 Å². The number of ether oxygens (including phenoxy) is 1. The molecule has 0 amide bonds. The number of nitrogens with two attached hydrogens (primary N) is 1. The van der Waals surface area contributed by atoms with Crippen LogP contribution in [0.1, 0.15) is 12.0 Å². The largest absolute Gasteiger partial charge is 0.493 e. The summed E-state index contributed by atoms with van der Waals surface area (Å²) >= 11 is 0. The third-order valence-electron chi connectivity index (χ3n) is 3.26. The van der Waals surface area contributed by atoms with Gasteiger partial charge in [-0.05, 0) is 6.07 Å². The Labute approximate surface area is 106 Å². The predicted octanol–water partition coefficient (Wildman–Crippen LogP) is 1.16. The quantitative estimate of drug-likeness (QED) is 0.636. The number of non-ortho nitro benzene ring substituents is 1. The van der Waals surface area contributed by atoms with E-state index in [9.17, 15) is 18.9 Å². The monoisotopic (exact) mass is 274 g/mol. The highest BCUT2D eigenvalue weighted by molar-refractivity contribution is 5.49. The van der Waals surface area contributed by atoms with Gasteiger partial charge in [0.15, 0.2) is 0 Å². The molecule has 104 valence electrons. The summed E-state index contributed by atoms with van der Waals surface area (Å²) in [6.45, 7) is -1.48. The molecular weight excluding hydrogens is 262 g/mol. The number of fused-ring (bicyclic) bond motifs is 1. The van der Waals surface area contributed by atoms with Gasteiger partial charge >= 0.3 is 0 Å². The number of hydrogen-bond acceptors (Lipinski definition) is 5. The Kier molecular flexibility index (Phi) is 3.15. The molecule has 19 heavy (non-hydrogen) atoms. The van der Waals surface area contributed by atoms with Gasteiger partial charge in [-0.15, -0.1) is 0 Å². The van der Waals surface area contributed by atoms with Crippen LogP contribution in [0.2, 0.25) is 0 Å². The van der Waals surface area contributed by atoms with Gasteiger partial charge in [0.1, 0.15) is 17.9 Å². The lowest BCUT2D eigenvalue weighted by Crippen LogP contribution is -2.57. The van der Waals surface area contributed by atoms with Gasteiger partial charge in [0.2, 0.25) is 0 Å². The second kappa shape index (κ2) is 4.39. The minimum Gasteiger partial charge on any atom is -0.493 e. The summed E-state index contributed by atoms with van der Waals surface area (Å²) in [6, 6.07) is 3.36. The summed E-state index contributed by atoms with van der Waals surface area (Å²) in [5, 5.41) is 19.5. The van der Waals surface area contributed by atoms with Gasteiger partial charge in [0.05, 0.1) is 11.5 Å². The van der Waals surface area contributed by atoms with Crippen LogP contribution in [0.25, 0.3) is 0 Å². The van der Waals surface area contributed by atoms with Crippen LogP contribution in [0, 0.1) is 10.1 Å². The van der Waals surface area contributed by atoms with E-state index < -0.39 is 23.0 Å². The van der Waals surface area contributed by atoms with Gasteiger partial charge in [-0.25, -0.2) is 8.78 Å². The number of benzene rings is 1. The van der Waals surface area contributed by atoms with Gasteiger partial charge in [0.25, 0.3) is 11.6 Å². The average molecular weight is 274 g/mol. The van der Waals surface area contributed by atoms with Gasteiger partial charge in [0, 0.05) is 24.1 Å². The number of aliphatic hydroxyl groups is 1. The fourth-order valence-corrected chi connectivity index (χ4v) is 2.08. The number of nitro benzene ring substituents is 1. The Bertz CT molecular complexity index is 523. The highest BCUT2D eigenvalue weighted by Gasteiger charge is 2.54. The molecule has 2 rings (SSSR count). The summed E-state index contributed by atoms with van der Waals surface area (Å²) < 4.78 is 32.8. The number of nitro groups is 1. The van der Waals surface area contributed by atoms with E-state index in [1.165, 1.54) is 6.07 Å². The maximum atomic E-state index is 13.8. The minimum atomic E-state index is -3.60. The Hall–Kier alpha value is -1.80. The van der Waals surface area contributed by atoms with Crippen LogP contribution in [-0.2, 0) is 5.54 Å². The summed E-state index contributed by atoms with van der Waals surface area (Å²) in [4.78, 5) is 10.0. The fourth-order valence-electron chi connectivity index (χ4n) is 2.08. The molecule has 1 aromatic rings. The topological polar surface area (TPSA) is 98.6 Å². The Morgan fingerprint density at radius 3 is 2.84 bits per heavy atom. The number of halogens is 2. The molecule has 1 atom stereocenters. The van der Waals surface area contributed by atoms with E-state index in [4.69, 9.17) is 15.6 Å². The van der Waals surface area contributed by atoms with Crippen molar-refractivity contribution in [3.05, 3.63) is 33.9 Å². The molecule has 6 nitrogen and oxygen atoms in total. The normalized spacial score (nSPS) is 22.5. The molecule has 1 aliphatic heterocycles. The predicted molar refractivity (Wildman–Crippen MR) is 61.1 cm³/mol. The van der Waals surface area contributed by atoms with Crippen LogP contribution in [0.3, 0.4) is 0 Å². The molecule has 0 aromatic heterocycles. The summed E-state index contributed by atoms with van der Waals surface area (Å²) in [6.07, 6.45) is -0.241. The third-order valence-corrected chi connectivity index (χ3v) is 3.26. The number of rotatable bonds is 3. The lowest BCUT2D eigenvalue weighted by Gasteiger charge is -2.40. The van der Waals surface area contributed by atoms with E-state index in [0.717, 1.165) is 12.1 Å². The second-order valence-corrected chi connectivity index (χ2v) is 4.37. The smallest absolute Gasteiger partial charge is 0.292 e. The van der Waals surface area contributed by atoms with Crippen molar-refractivity contribution in [2.75, 3.05) is 13.2 Å². The van der Waals surface area contributed by atoms with Crippen LogP contribution < -0.4 is 10.5 Å². The first-order chi connectivity index (χ1) is 8.82. The van der Waals surface area contributed by atoms with Crippen LogP contribution in [-0.4, -0.2) is 29.2 Å². The lowest BCUT2D eigenvalue weighted by molar-refractivity contribution is -0.385. The van der Waals surface area contributed by atoms with Crippen molar-refractivity contribution in [1.82, 2.24) is 0 Å². The van der Waals surface area contributed by atoms with E-state index in [1.807, 2.05) is 0 Å². The highest BCUT2D eigenvalue weighted by atomic mass is 19.3. The minimum absolute atomic E-state index is 0.0447. The summed E-state index contributed by atoms with van der Waals surface area (Å²) in [5.74, 6) is -3.52. The number of nitrogens with zero attached hydrogens (tertiary/aromatic N) is 1. The Balaban J connectivity index is 2.59. The number of aliphatic hydroxyl groups excluding tert-OH is 1. The van der Waals surface area contributed by atoms with E-state index in [1.54, 1.807) is 0 Å². The SMILES string of the molecule is N[C@]1(C(F)(F)CO)CCOc2ccc([N+](=O)[O-])cc21. The van der Waals surface area contributed by atoms with Crippen LogP contribution in [0.4, 0.5) is 14.5 Å². The zero-order valence-electron chi connectivity index (χ0n) is 9.81. The lowest BCUT2D eigenvalue weighted by atomic mass is 9.80. The van der Waals surface area contributed by atoms with E-state index >= 15 is 0 Å². The Morgan fingerprint density at radius 2 is 2.26 bits per heavy atom. The van der Waals surface area contributed by atoms with Crippen molar-refractivity contribution < 1.29 is 23.5 Å². The average Bonchev–Trinajstić information content (AvgIpc) is 2.38. The van der Waals surface area contributed by atoms with Gasteiger partial charge in [-0.1, -0.05) is 0 Å². The molecule has 0 bridgehead atoms.